The minimum Gasteiger partial charge on any atom is -0.366 e. The summed E-state index contributed by atoms with van der Waals surface area (Å²) >= 11 is 0. The maximum absolute atomic E-state index is 13.3. The summed E-state index contributed by atoms with van der Waals surface area (Å²) in [6, 6.07) is 14.6. The number of para-hydroxylation sites is 1. The molecule has 4 rings (SSSR count). The largest absolute Gasteiger partial charge is 0.366 e. The quantitative estimate of drug-likeness (QED) is 0.503. The molecule has 0 saturated carbocycles. The van der Waals surface area contributed by atoms with Crippen LogP contribution in [-0.4, -0.2) is 26.6 Å². The van der Waals surface area contributed by atoms with Crippen LogP contribution in [0.2, 0.25) is 0 Å². The Morgan fingerprint density at radius 2 is 1.75 bits per heavy atom. The average molecular weight is 428 g/mol. The van der Waals surface area contributed by atoms with Gasteiger partial charge in [-0.15, -0.1) is 0 Å². The summed E-state index contributed by atoms with van der Waals surface area (Å²) < 4.78 is 14.8. The molecule has 0 aliphatic carbocycles. The first kappa shape index (κ1) is 20.7. The Balaban J connectivity index is 2.03. The van der Waals surface area contributed by atoms with Gasteiger partial charge < -0.3 is 11.5 Å². The lowest BCUT2D eigenvalue weighted by molar-refractivity contribution is 0.0996. The number of carbonyl (C=O) groups is 2. The third-order valence-electron chi connectivity index (χ3n) is 5.18. The molecule has 0 atom stereocenters. The van der Waals surface area contributed by atoms with Gasteiger partial charge in [-0.3, -0.25) is 14.3 Å². The first-order chi connectivity index (χ1) is 15.3. The molecule has 4 aromatic rings. The highest BCUT2D eigenvalue weighted by molar-refractivity contribution is 6.15. The van der Waals surface area contributed by atoms with Crippen molar-refractivity contribution in [3.8, 4) is 17.2 Å². The molecule has 9 heteroatoms. The van der Waals surface area contributed by atoms with Gasteiger partial charge >= 0.3 is 0 Å². The number of aromatic nitrogens is 3. The van der Waals surface area contributed by atoms with Crippen LogP contribution in [0.3, 0.4) is 0 Å². The van der Waals surface area contributed by atoms with Crippen molar-refractivity contribution in [2.75, 3.05) is 0 Å². The summed E-state index contributed by atoms with van der Waals surface area (Å²) in [6.45, 7) is 1.93. The number of carbonyl (C=O) groups excluding carboxylic acids is 2. The van der Waals surface area contributed by atoms with E-state index >= 15 is 0 Å². The van der Waals surface area contributed by atoms with Gasteiger partial charge in [0, 0.05) is 22.2 Å². The van der Waals surface area contributed by atoms with Crippen molar-refractivity contribution in [3.63, 3.8) is 0 Å². The average Bonchev–Trinajstić information content (AvgIpc) is 3.08. The Morgan fingerprint density at radius 3 is 2.38 bits per heavy atom. The second kappa shape index (κ2) is 7.92. The predicted octanol–water partition coefficient (Wildman–Crippen LogP) is 2.66. The molecular formula is C23H17FN6O2. The molecule has 2 heterocycles. The Labute approximate surface area is 181 Å². The first-order valence-electron chi connectivity index (χ1n) is 9.56. The fourth-order valence-electron chi connectivity index (χ4n) is 3.73. The number of amides is 2. The van der Waals surface area contributed by atoms with E-state index in [4.69, 9.17) is 11.5 Å². The first-order valence-corrected chi connectivity index (χ1v) is 9.56. The van der Waals surface area contributed by atoms with Crippen LogP contribution in [0.5, 0.6) is 0 Å². The van der Waals surface area contributed by atoms with Crippen LogP contribution in [0.1, 0.15) is 37.8 Å². The van der Waals surface area contributed by atoms with E-state index in [1.165, 1.54) is 16.8 Å². The Morgan fingerprint density at radius 1 is 1.06 bits per heavy atom. The lowest BCUT2D eigenvalue weighted by Gasteiger charge is -2.14. The monoisotopic (exact) mass is 428 g/mol. The van der Waals surface area contributed by atoms with Gasteiger partial charge in [-0.1, -0.05) is 30.3 Å². The normalized spacial score (nSPS) is 10.8. The minimum absolute atomic E-state index is 0.0216. The van der Waals surface area contributed by atoms with Gasteiger partial charge in [-0.05, 0) is 30.7 Å². The van der Waals surface area contributed by atoms with Crippen LogP contribution < -0.4 is 11.5 Å². The zero-order valence-electron chi connectivity index (χ0n) is 17.0. The molecule has 0 unspecified atom stereocenters. The molecule has 0 saturated heterocycles. The highest BCUT2D eigenvalue weighted by Crippen LogP contribution is 2.36. The zero-order valence-corrected chi connectivity index (χ0v) is 17.0. The summed E-state index contributed by atoms with van der Waals surface area (Å²) in [4.78, 5) is 29.2. The molecule has 0 fully saturated rings. The van der Waals surface area contributed by atoms with Crippen LogP contribution in [0.25, 0.3) is 22.0 Å². The van der Waals surface area contributed by atoms with Crippen LogP contribution in [0, 0.1) is 24.1 Å². The van der Waals surface area contributed by atoms with Gasteiger partial charge in [0.2, 0.25) is 5.91 Å². The maximum atomic E-state index is 13.3. The van der Waals surface area contributed by atoms with Crippen molar-refractivity contribution < 1.29 is 14.0 Å². The van der Waals surface area contributed by atoms with Gasteiger partial charge in [0.15, 0.2) is 5.69 Å². The Kier molecular flexibility index (Phi) is 5.12. The lowest BCUT2D eigenvalue weighted by Crippen LogP contribution is -2.21. The van der Waals surface area contributed by atoms with E-state index in [1.54, 1.807) is 43.3 Å². The summed E-state index contributed by atoms with van der Waals surface area (Å²) in [7, 11) is 0. The third kappa shape index (κ3) is 3.44. The fourth-order valence-corrected chi connectivity index (χ4v) is 3.73. The number of nitrogens with two attached hydrogens (primary N) is 2. The molecule has 0 bridgehead atoms. The van der Waals surface area contributed by atoms with Crippen LogP contribution in [0.4, 0.5) is 4.39 Å². The van der Waals surface area contributed by atoms with Crippen LogP contribution in [-0.2, 0) is 6.54 Å². The van der Waals surface area contributed by atoms with E-state index in [0.29, 0.717) is 16.6 Å². The third-order valence-corrected chi connectivity index (χ3v) is 5.18. The van der Waals surface area contributed by atoms with Crippen molar-refractivity contribution in [2.24, 2.45) is 11.5 Å². The highest BCUT2D eigenvalue weighted by atomic mass is 19.1. The maximum Gasteiger partial charge on any atom is 0.267 e. The van der Waals surface area contributed by atoms with Crippen molar-refractivity contribution in [3.05, 3.63) is 82.6 Å². The summed E-state index contributed by atoms with van der Waals surface area (Å²) in [5.41, 5.74) is 13.1. The topological polar surface area (TPSA) is 141 Å². The van der Waals surface area contributed by atoms with E-state index in [-0.39, 0.29) is 40.4 Å². The van der Waals surface area contributed by atoms with E-state index in [1.807, 2.05) is 6.07 Å². The van der Waals surface area contributed by atoms with E-state index in [9.17, 15) is 19.2 Å². The lowest BCUT2D eigenvalue weighted by atomic mass is 9.92. The zero-order chi connectivity index (χ0) is 23.0. The van der Waals surface area contributed by atoms with Gasteiger partial charge in [-0.2, -0.15) is 10.4 Å². The van der Waals surface area contributed by atoms with Crippen molar-refractivity contribution in [1.82, 2.24) is 14.8 Å². The number of primary amides is 2. The fraction of sp³-hybridized carbons (Fsp3) is 0.0870. The number of fused-ring (bicyclic) bond motifs is 1. The molecule has 0 spiro atoms. The SMILES string of the molecule is Cc1c(-c2c(C(N)=O)nc3ccccc3c2C(N)=O)c(C#N)nn1Cc1ccc(F)cc1. The van der Waals surface area contributed by atoms with Crippen LogP contribution in [0.15, 0.2) is 48.5 Å². The molecule has 4 N–H and O–H groups in total. The number of nitriles is 1. The number of nitrogens with zero attached hydrogens (tertiary/aromatic N) is 4. The van der Waals surface area contributed by atoms with E-state index in [2.05, 4.69) is 10.1 Å². The summed E-state index contributed by atoms with van der Waals surface area (Å²) in [6.07, 6.45) is 0. The van der Waals surface area contributed by atoms with Crippen molar-refractivity contribution in [2.45, 2.75) is 13.5 Å². The number of halogens is 1. The van der Waals surface area contributed by atoms with Crippen LogP contribution >= 0.6 is 0 Å². The highest BCUT2D eigenvalue weighted by Gasteiger charge is 2.28. The van der Waals surface area contributed by atoms with E-state index < -0.39 is 11.8 Å². The predicted molar refractivity (Wildman–Crippen MR) is 115 cm³/mol. The molecule has 2 aromatic heterocycles. The Bertz CT molecular complexity index is 1430. The second-order valence-corrected chi connectivity index (χ2v) is 7.16. The number of hydrogen-bond donors (Lipinski definition) is 2. The standard InChI is InChI=1S/C23H17FN6O2/c1-12-18(17(10-25)29-30(12)11-13-6-8-14(24)9-7-13)20-19(22(26)31)15-4-2-3-5-16(15)28-21(20)23(27)32/h2-9H,11H2,1H3,(H2,26,31)(H2,27,32). The van der Waals surface area contributed by atoms with Crippen molar-refractivity contribution in [1.29, 1.82) is 5.26 Å². The number of pyridine rings is 1. The summed E-state index contributed by atoms with van der Waals surface area (Å²) in [5, 5.41) is 14.5. The molecule has 2 amide bonds. The molecule has 0 radical (unpaired) electrons. The Hall–Kier alpha value is -4.58. The molecule has 0 aliphatic rings. The summed E-state index contributed by atoms with van der Waals surface area (Å²) in [5.74, 6) is -2.04. The van der Waals surface area contributed by atoms with Gasteiger partial charge in [-0.25, -0.2) is 9.37 Å². The van der Waals surface area contributed by atoms with E-state index in [0.717, 1.165) is 5.56 Å². The molecule has 0 aliphatic heterocycles. The van der Waals surface area contributed by atoms with Gasteiger partial charge in [0.1, 0.15) is 17.6 Å². The number of benzene rings is 2. The molecule has 8 nitrogen and oxygen atoms in total. The molecule has 32 heavy (non-hydrogen) atoms. The van der Waals surface area contributed by atoms with Gasteiger partial charge in [0.25, 0.3) is 5.91 Å². The smallest absolute Gasteiger partial charge is 0.267 e. The minimum atomic E-state index is -0.872. The number of hydrogen-bond acceptors (Lipinski definition) is 5. The van der Waals surface area contributed by atoms with Crippen molar-refractivity contribution >= 4 is 22.7 Å². The second-order valence-electron chi connectivity index (χ2n) is 7.16. The van der Waals surface area contributed by atoms with Gasteiger partial charge in [0.05, 0.1) is 17.6 Å². The number of rotatable bonds is 5. The molecule has 2 aromatic carbocycles. The molecule has 158 valence electrons. The molecular weight excluding hydrogens is 411 g/mol.